The lowest BCUT2D eigenvalue weighted by Gasteiger charge is -2.37. The third-order valence-electron chi connectivity index (χ3n) is 5.19. The second-order valence-electron chi connectivity index (χ2n) is 7.29. The van der Waals surface area contributed by atoms with Gasteiger partial charge >= 0.3 is 0 Å². The molecular weight excluding hydrogens is 338 g/mol. The van der Waals surface area contributed by atoms with Gasteiger partial charge in [0, 0.05) is 30.1 Å². The Bertz CT molecular complexity index is 581. The summed E-state index contributed by atoms with van der Waals surface area (Å²) in [5.41, 5.74) is 1.04. The molecule has 2 unspecified atom stereocenters. The van der Waals surface area contributed by atoms with Crippen LogP contribution in [0.15, 0.2) is 24.3 Å². The molecular formula is C19H28ClN3O2. The molecule has 3 rings (SSSR count). The number of amides is 1. The lowest BCUT2D eigenvalue weighted by Crippen LogP contribution is -2.50. The molecule has 0 aromatic heterocycles. The topological polar surface area (TPSA) is 53.6 Å². The van der Waals surface area contributed by atoms with Crippen molar-refractivity contribution in [2.24, 2.45) is 5.92 Å². The first kappa shape index (κ1) is 18.6. The first-order chi connectivity index (χ1) is 12.0. The van der Waals surface area contributed by atoms with Crippen molar-refractivity contribution in [1.29, 1.82) is 0 Å². The zero-order chi connectivity index (χ0) is 17.8. The number of likely N-dealkylation sites (N-methyl/N-ethyl adjacent to an activating group) is 1. The zero-order valence-electron chi connectivity index (χ0n) is 15.0. The van der Waals surface area contributed by atoms with Crippen molar-refractivity contribution < 1.29 is 9.53 Å². The second-order valence-corrected chi connectivity index (χ2v) is 7.72. The van der Waals surface area contributed by atoms with Crippen LogP contribution in [0.2, 0.25) is 5.02 Å². The predicted octanol–water partition coefficient (Wildman–Crippen LogP) is 2.22. The largest absolute Gasteiger partial charge is 0.373 e. The molecule has 25 heavy (non-hydrogen) atoms. The number of carbonyl (C=O) groups is 1. The number of benzene rings is 1. The van der Waals surface area contributed by atoms with Gasteiger partial charge in [0.05, 0.1) is 18.8 Å². The molecule has 1 aromatic carbocycles. The number of carbonyl (C=O) groups excluding carboxylic acids is 1. The highest BCUT2D eigenvalue weighted by Gasteiger charge is 2.32. The van der Waals surface area contributed by atoms with E-state index in [1.54, 1.807) is 0 Å². The van der Waals surface area contributed by atoms with Crippen LogP contribution in [0.25, 0.3) is 0 Å². The molecule has 0 radical (unpaired) electrons. The van der Waals surface area contributed by atoms with Gasteiger partial charge in [-0.2, -0.15) is 0 Å². The van der Waals surface area contributed by atoms with E-state index in [9.17, 15) is 4.79 Å². The Hall–Kier alpha value is -1.14. The number of hydrogen-bond donors (Lipinski definition) is 2. The highest BCUT2D eigenvalue weighted by molar-refractivity contribution is 6.30. The summed E-state index contributed by atoms with van der Waals surface area (Å²) in [6, 6.07) is 7.94. The maximum absolute atomic E-state index is 12.9. The van der Waals surface area contributed by atoms with E-state index in [1.165, 1.54) is 0 Å². The van der Waals surface area contributed by atoms with Gasteiger partial charge in [-0.15, -0.1) is 0 Å². The number of rotatable bonds is 4. The van der Waals surface area contributed by atoms with Crippen LogP contribution in [-0.2, 0) is 9.53 Å². The molecule has 1 aromatic rings. The summed E-state index contributed by atoms with van der Waals surface area (Å²) in [6.45, 7) is 5.44. The summed E-state index contributed by atoms with van der Waals surface area (Å²) in [6.07, 6.45) is 1.71. The minimum Gasteiger partial charge on any atom is -0.373 e. The Morgan fingerprint density at radius 2 is 2.16 bits per heavy atom. The first-order valence-electron chi connectivity index (χ1n) is 9.12. The van der Waals surface area contributed by atoms with Gasteiger partial charge in [0.15, 0.2) is 0 Å². The zero-order valence-corrected chi connectivity index (χ0v) is 15.8. The van der Waals surface area contributed by atoms with Crippen molar-refractivity contribution in [3.05, 3.63) is 34.9 Å². The SMILES string of the molecule is C[C@H]1C[C@@H](C(=O)NC(c2ccc(Cl)cc2)C2CN(C)CCO2)CCN1. The Kier molecular flexibility index (Phi) is 6.34. The number of hydrogen-bond acceptors (Lipinski definition) is 4. The van der Waals surface area contributed by atoms with Crippen molar-refractivity contribution in [3.8, 4) is 0 Å². The molecule has 138 valence electrons. The van der Waals surface area contributed by atoms with Gasteiger partial charge in [0.25, 0.3) is 0 Å². The fourth-order valence-electron chi connectivity index (χ4n) is 3.71. The second kappa shape index (κ2) is 8.49. The third kappa shape index (κ3) is 4.94. The van der Waals surface area contributed by atoms with Crippen molar-refractivity contribution in [2.45, 2.75) is 38.0 Å². The molecule has 2 aliphatic rings. The van der Waals surface area contributed by atoms with Gasteiger partial charge in [-0.3, -0.25) is 4.79 Å². The van der Waals surface area contributed by atoms with Gasteiger partial charge in [-0.05, 0) is 51.1 Å². The normalized spacial score (nSPS) is 29.2. The minimum absolute atomic E-state index is 0.0528. The van der Waals surface area contributed by atoms with Crippen LogP contribution in [0.4, 0.5) is 0 Å². The van der Waals surface area contributed by atoms with Crippen molar-refractivity contribution in [1.82, 2.24) is 15.5 Å². The average Bonchev–Trinajstić information content (AvgIpc) is 2.60. The molecule has 0 spiro atoms. The molecule has 1 amide bonds. The van der Waals surface area contributed by atoms with E-state index in [-0.39, 0.29) is 24.0 Å². The number of nitrogens with zero attached hydrogens (tertiary/aromatic N) is 1. The van der Waals surface area contributed by atoms with Crippen LogP contribution in [-0.4, -0.2) is 56.2 Å². The summed E-state index contributed by atoms with van der Waals surface area (Å²) >= 11 is 6.04. The average molecular weight is 366 g/mol. The number of morpholine rings is 1. The molecule has 0 bridgehead atoms. The molecule has 2 aliphatic heterocycles. The maximum atomic E-state index is 12.9. The summed E-state index contributed by atoms with van der Waals surface area (Å²) < 4.78 is 6.00. The third-order valence-corrected chi connectivity index (χ3v) is 5.44. The van der Waals surface area contributed by atoms with Gasteiger partial charge in [0.2, 0.25) is 5.91 Å². The fraction of sp³-hybridized carbons (Fsp3) is 0.632. The number of piperidine rings is 1. The van der Waals surface area contributed by atoms with E-state index in [2.05, 4.69) is 29.5 Å². The molecule has 0 saturated carbocycles. The molecule has 4 atom stereocenters. The van der Waals surface area contributed by atoms with Gasteiger partial charge in [-0.1, -0.05) is 23.7 Å². The number of ether oxygens (including phenoxy) is 1. The predicted molar refractivity (Wildman–Crippen MR) is 99.8 cm³/mol. The summed E-state index contributed by atoms with van der Waals surface area (Å²) in [5.74, 6) is 0.192. The van der Waals surface area contributed by atoms with Crippen LogP contribution in [0, 0.1) is 5.92 Å². The molecule has 2 saturated heterocycles. The highest BCUT2D eigenvalue weighted by Crippen LogP contribution is 2.25. The first-order valence-corrected chi connectivity index (χ1v) is 9.50. The fourth-order valence-corrected chi connectivity index (χ4v) is 3.84. The van der Waals surface area contributed by atoms with Crippen LogP contribution in [0.1, 0.15) is 31.4 Å². The summed E-state index contributed by atoms with van der Waals surface area (Å²) in [7, 11) is 2.09. The quantitative estimate of drug-likeness (QED) is 0.859. The Balaban J connectivity index is 1.75. The maximum Gasteiger partial charge on any atom is 0.223 e. The van der Waals surface area contributed by atoms with E-state index < -0.39 is 0 Å². The van der Waals surface area contributed by atoms with Crippen LogP contribution in [0.3, 0.4) is 0 Å². The standard InChI is InChI=1S/C19H28ClN3O2/c1-13-11-15(7-8-21-13)19(24)22-18(14-3-5-16(20)6-4-14)17-12-23(2)9-10-25-17/h3-6,13,15,17-18,21H,7-12H2,1-2H3,(H,22,24)/t13-,15-,17?,18?/m0/s1. The Morgan fingerprint density at radius 3 is 2.84 bits per heavy atom. The van der Waals surface area contributed by atoms with Gasteiger partial charge in [0.1, 0.15) is 0 Å². The molecule has 2 heterocycles. The smallest absolute Gasteiger partial charge is 0.223 e. The van der Waals surface area contributed by atoms with Crippen LogP contribution in [0.5, 0.6) is 0 Å². The molecule has 2 fully saturated rings. The van der Waals surface area contributed by atoms with E-state index in [1.807, 2.05) is 24.3 Å². The minimum atomic E-state index is -0.155. The number of halogens is 1. The van der Waals surface area contributed by atoms with E-state index in [0.29, 0.717) is 17.7 Å². The van der Waals surface area contributed by atoms with E-state index >= 15 is 0 Å². The van der Waals surface area contributed by atoms with Crippen molar-refractivity contribution in [3.63, 3.8) is 0 Å². The van der Waals surface area contributed by atoms with E-state index in [4.69, 9.17) is 16.3 Å². The molecule has 6 heteroatoms. The van der Waals surface area contributed by atoms with Gasteiger partial charge < -0.3 is 20.3 Å². The Labute approximate surface area is 155 Å². The molecule has 5 nitrogen and oxygen atoms in total. The highest BCUT2D eigenvalue weighted by atomic mass is 35.5. The summed E-state index contributed by atoms with van der Waals surface area (Å²) in [5, 5.41) is 7.37. The lowest BCUT2D eigenvalue weighted by atomic mass is 9.91. The van der Waals surface area contributed by atoms with Crippen LogP contribution >= 0.6 is 11.6 Å². The molecule has 2 N–H and O–H groups in total. The lowest BCUT2D eigenvalue weighted by molar-refractivity contribution is -0.129. The van der Waals surface area contributed by atoms with Gasteiger partial charge in [-0.25, -0.2) is 0 Å². The van der Waals surface area contributed by atoms with Crippen molar-refractivity contribution >= 4 is 17.5 Å². The number of nitrogens with one attached hydrogen (secondary N) is 2. The van der Waals surface area contributed by atoms with Crippen LogP contribution < -0.4 is 10.6 Å². The monoisotopic (exact) mass is 365 g/mol. The van der Waals surface area contributed by atoms with Crippen molar-refractivity contribution in [2.75, 3.05) is 33.3 Å². The Morgan fingerprint density at radius 1 is 1.40 bits per heavy atom. The van der Waals surface area contributed by atoms with E-state index in [0.717, 1.165) is 38.0 Å². The summed E-state index contributed by atoms with van der Waals surface area (Å²) in [4.78, 5) is 15.1. The molecule has 0 aliphatic carbocycles.